The predicted molar refractivity (Wildman–Crippen MR) is 116 cm³/mol. The molecular formula is C22H29ClN4O3. The summed E-state index contributed by atoms with van der Waals surface area (Å²) in [4.78, 5) is 14.6. The summed E-state index contributed by atoms with van der Waals surface area (Å²) in [5, 5.41) is 19.0. The van der Waals surface area contributed by atoms with Crippen LogP contribution < -0.4 is 10.1 Å². The third kappa shape index (κ3) is 5.33. The molecule has 1 aromatic carbocycles. The van der Waals surface area contributed by atoms with Gasteiger partial charge in [-0.25, -0.2) is 4.68 Å². The SMILES string of the molecule is O=C(CN1CCCC(O)(COc2cccc(Cl)c2)C1)Nc1ccnn1C1CCCC1. The monoisotopic (exact) mass is 432 g/mol. The van der Waals surface area contributed by atoms with Crippen molar-refractivity contribution in [3.8, 4) is 5.75 Å². The molecule has 1 atom stereocenters. The topological polar surface area (TPSA) is 79.6 Å². The Kier molecular flexibility index (Phi) is 6.61. The molecule has 30 heavy (non-hydrogen) atoms. The number of rotatable bonds is 7. The first-order chi connectivity index (χ1) is 14.5. The van der Waals surface area contributed by atoms with Crippen LogP contribution in [0.3, 0.4) is 0 Å². The van der Waals surface area contributed by atoms with E-state index in [9.17, 15) is 9.90 Å². The van der Waals surface area contributed by atoms with Crippen molar-refractivity contribution in [2.75, 3.05) is 31.6 Å². The molecule has 2 aliphatic rings. The fourth-order valence-electron chi connectivity index (χ4n) is 4.47. The number of likely N-dealkylation sites (tertiary alicyclic amines) is 1. The Morgan fingerprint density at radius 3 is 2.93 bits per heavy atom. The summed E-state index contributed by atoms with van der Waals surface area (Å²) in [7, 11) is 0. The number of hydrogen-bond donors (Lipinski definition) is 2. The number of hydrogen-bond acceptors (Lipinski definition) is 5. The van der Waals surface area contributed by atoms with Gasteiger partial charge in [0.15, 0.2) is 0 Å². The van der Waals surface area contributed by atoms with Crippen LogP contribution in [-0.4, -0.2) is 57.5 Å². The summed E-state index contributed by atoms with van der Waals surface area (Å²) in [6, 6.07) is 9.36. The molecule has 1 aliphatic carbocycles. The number of β-amino-alcohol motifs (C(OH)–C–C–N with tert-alkyl or cyclic N) is 1. The van der Waals surface area contributed by atoms with Crippen LogP contribution in [0.5, 0.6) is 5.75 Å². The number of halogens is 1. The molecule has 7 nitrogen and oxygen atoms in total. The minimum atomic E-state index is -0.994. The fraction of sp³-hybridized carbons (Fsp3) is 0.545. The Morgan fingerprint density at radius 1 is 1.30 bits per heavy atom. The van der Waals surface area contributed by atoms with Gasteiger partial charge in [-0.15, -0.1) is 0 Å². The molecule has 2 aromatic rings. The minimum Gasteiger partial charge on any atom is -0.490 e. The van der Waals surface area contributed by atoms with E-state index < -0.39 is 5.60 Å². The van der Waals surface area contributed by atoms with Gasteiger partial charge in [-0.3, -0.25) is 9.69 Å². The number of nitrogens with zero attached hydrogens (tertiary/aromatic N) is 3. The van der Waals surface area contributed by atoms with Gasteiger partial charge in [-0.2, -0.15) is 5.10 Å². The highest BCUT2D eigenvalue weighted by Gasteiger charge is 2.35. The number of benzene rings is 1. The van der Waals surface area contributed by atoms with E-state index in [-0.39, 0.29) is 19.1 Å². The van der Waals surface area contributed by atoms with Gasteiger partial charge in [0.05, 0.1) is 18.8 Å². The highest BCUT2D eigenvalue weighted by Crippen LogP contribution is 2.31. The van der Waals surface area contributed by atoms with E-state index in [0.29, 0.717) is 29.8 Å². The third-order valence-electron chi connectivity index (χ3n) is 5.91. The second-order valence-corrected chi connectivity index (χ2v) is 8.87. The molecule has 2 fully saturated rings. The van der Waals surface area contributed by atoms with Gasteiger partial charge >= 0.3 is 0 Å². The Balaban J connectivity index is 1.30. The molecule has 0 spiro atoms. The number of anilines is 1. The van der Waals surface area contributed by atoms with Crippen LogP contribution in [0.4, 0.5) is 5.82 Å². The second kappa shape index (κ2) is 9.37. The second-order valence-electron chi connectivity index (χ2n) is 8.43. The van der Waals surface area contributed by atoms with E-state index in [1.165, 1.54) is 12.8 Å². The molecule has 2 heterocycles. The maximum absolute atomic E-state index is 12.7. The zero-order valence-corrected chi connectivity index (χ0v) is 17.9. The zero-order valence-electron chi connectivity index (χ0n) is 17.1. The Morgan fingerprint density at radius 2 is 2.13 bits per heavy atom. The molecule has 0 radical (unpaired) electrons. The lowest BCUT2D eigenvalue weighted by Crippen LogP contribution is -2.53. The van der Waals surface area contributed by atoms with E-state index in [0.717, 1.165) is 31.6 Å². The summed E-state index contributed by atoms with van der Waals surface area (Å²) in [6.07, 6.45) is 7.82. The smallest absolute Gasteiger partial charge is 0.239 e. The third-order valence-corrected chi connectivity index (χ3v) is 6.15. The fourth-order valence-corrected chi connectivity index (χ4v) is 4.65. The first-order valence-corrected chi connectivity index (χ1v) is 11.1. The average Bonchev–Trinajstić information content (AvgIpc) is 3.38. The Hall–Kier alpha value is -2.09. The van der Waals surface area contributed by atoms with Gasteiger partial charge in [-0.05, 0) is 50.4 Å². The number of carbonyl (C=O) groups is 1. The largest absolute Gasteiger partial charge is 0.490 e. The number of piperidine rings is 1. The number of ether oxygens (including phenoxy) is 1. The lowest BCUT2D eigenvalue weighted by Gasteiger charge is -2.38. The van der Waals surface area contributed by atoms with Gasteiger partial charge < -0.3 is 15.2 Å². The number of amides is 1. The van der Waals surface area contributed by atoms with E-state index in [2.05, 4.69) is 10.4 Å². The number of aromatic nitrogens is 2. The van der Waals surface area contributed by atoms with Crippen molar-refractivity contribution in [2.45, 2.75) is 50.2 Å². The molecule has 1 saturated heterocycles. The first-order valence-electron chi connectivity index (χ1n) is 10.7. The maximum atomic E-state index is 12.7. The normalized spacial score (nSPS) is 22.9. The quantitative estimate of drug-likeness (QED) is 0.700. The molecule has 2 N–H and O–H groups in total. The molecular weight excluding hydrogens is 404 g/mol. The van der Waals surface area contributed by atoms with E-state index in [1.54, 1.807) is 18.3 Å². The minimum absolute atomic E-state index is 0.0882. The lowest BCUT2D eigenvalue weighted by molar-refractivity contribution is -0.120. The summed E-state index contributed by atoms with van der Waals surface area (Å²) in [6.45, 7) is 1.56. The van der Waals surface area contributed by atoms with Crippen LogP contribution in [0.15, 0.2) is 36.5 Å². The standard InChI is InChI=1S/C22H29ClN4O3/c23-17-5-3-8-19(13-17)30-16-22(29)10-4-12-26(15-22)14-21(28)25-20-9-11-24-27(20)18-6-1-2-7-18/h3,5,8-9,11,13,18,29H,1-2,4,6-7,10,12,14-16H2,(H,25,28). The summed E-state index contributed by atoms with van der Waals surface area (Å²) < 4.78 is 7.71. The van der Waals surface area contributed by atoms with Crippen molar-refractivity contribution in [2.24, 2.45) is 0 Å². The van der Waals surface area contributed by atoms with Crippen LogP contribution >= 0.6 is 11.6 Å². The van der Waals surface area contributed by atoms with Crippen LogP contribution in [-0.2, 0) is 4.79 Å². The summed E-state index contributed by atoms with van der Waals surface area (Å²) in [5.74, 6) is 1.30. The Labute approximate surface area is 182 Å². The van der Waals surface area contributed by atoms with Crippen molar-refractivity contribution < 1.29 is 14.6 Å². The molecule has 1 unspecified atom stereocenters. The van der Waals surface area contributed by atoms with Crippen LogP contribution in [0.25, 0.3) is 0 Å². The molecule has 4 rings (SSSR count). The van der Waals surface area contributed by atoms with E-state index in [4.69, 9.17) is 16.3 Å². The molecule has 1 amide bonds. The van der Waals surface area contributed by atoms with Crippen molar-refractivity contribution in [1.82, 2.24) is 14.7 Å². The van der Waals surface area contributed by atoms with Crippen molar-refractivity contribution in [3.05, 3.63) is 41.6 Å². The molecule has 1 saturated carbocycles. The summed E-state index contributed by atoms with van der Waals surface area (Å²) in [5.41, 5.74) is -0.994. The lowest BCUT2D eigenvalue weighted by atomic mass is 9.93. The maximum Gasteiger partial charge on any atom is 0.239 e. The number of aliphatic hydroxyl groups is 1. The van der Waals surface area contributed by atoms with Gasteiger partial charge in [0.25, 0.3) is 0 Å². The molecule has 8 heteroatoms. The summed E-state index contributed by atoms with van der Waals surface area (Å²) >= 11 is 5.99. The van der Waals surface area contributed by atoms with Gasteiger partial charge in [-0.1, -0.05) is 30.5 Å². The van der Waals surface area contributed by atoms with Crippen molar-refractivity contribution >= 4 is 23.3 Å². The highest BCUT2D eigenvalue weighted by molar-refractivity contribution is 6.30. The average molecular weight is 433 g/mol. The van der Waals surface area contributed by atoms with Crippen molar-refractivity contribution in [1.29, 1.82) is 0 Å². The van der Waals surface area contributed by atoms with Gasteiger partial charge in [0.2, 0.25) is 5.91 Å². The van der Waals surface area contributed by atoms with Crippen LogP contribution in [0.1, 0.15) is 44.6 Å². The van der Waals surface area contributed by atoms with Crippen LogP contribution in [0, 0.1) is 0 Å². The number of carbonyl (C=O) groups excluding carboxylic acids is 1. The van der Waals surface area contributed by atoms with Gasteiger partial charge in [0, 0.05) is 17.6 Å². The molecule has 1 aliphatic heterocycles. The molecule has 1 aromatic heterocycles. The van der Waals surface area contributed by atoms with Crippen LogP contribution in [0.2, 0.25) is 5.02 Å². The first kappa shape index (κ1) is 21.2. The Bertz CT molecular complexity index is 868. The van der Waals surface area contributed by atoms with E-state index >= 15 is 0 Å². The van der Waals surface area contributed by atoms with Crippen molar-refractivity contribution in [3.63, 3.8) is 0 Å². The predicted octanol–water partition coefficient (Wildman–Crippen LogP) is 3.50. The van der Waals surface area contributed by atoms with E-state index in [1.807, 2.05) is 27.8 Å². The molecule has 0 bridgehead atoms. The molecule has 162 valence electrons. The van der Waals surface area contributed by atoms with Gasteiger partial charge in [0.1, 0.15) is 23.8 Å². The number of nitrogens with one attached hydrogen (secondary N) is 1. The zero-order chi connectivity index (χ0) is 21.0. The highest BCUT2D eigenvalue weighted by atomic mass is 35.5.